The van der Waals surface area contributed by atoms with Crippen LogP contribution in [0.2, 0.25) is 5.02 Å². The molecule has 6 nitrogen and oxygen atoms in total. The van der Waals surface area contributed by atoms with E-state index in [-0.39, 0.29) is 23.9 Å². The molecule has 0 saturated carbocycles. The van der Waals surface area contributed by atoms with Crippen molar-refractivity contribution in [1.29, 1.82) is 0 Å². The van der Waals surface area contributed by atoms with Gasteiger partial charge in [0, 0.05) is 25.2 Å². The summed E-state index contributed by atoms with van der Waals surface area (Å²) in [5.41, 5.74) is 2.56. The lowest BCUT2D eigenvalue weighted by atomic mass is 10.2. The number of carbonyl (C=O) groups excluding carboxylic acids is 1. The van der Waals surface area contributed by atoms with Crippen LogP contribution >= 0.6 is 11.6 Å². The maximum absolute atomic E-state index is 13.4. The van der Waals surface area contributed by atoms with Crippen LogP contribution in [0.3, 0.4) is 0 Å². The van der Waals surface area contributed by atoms with Gasteiger partial charge in [0.25, 0.3) is 0 Å². The number of halogens is 1. The van der Waals surface area contributed by atoms with E-state index in [1.54, 1.807) is 62.7 Å². The molecule has 0 bridgehead atoms. The Morgan fingerprint density at radius 1 is 0.939 bits per heavy atom. The minimum absolute atomic E-state index is 0.0267. The van der Waals surface area contributed by atoms with E-state index >= 15 is 0 Å². The Kier molecular flexibility index (Phi) is 8.13. The molecule has 0 aromatic heterocycles. The monoisotopic (exact) mass is 486 g/mol. The zero-order valence-electron chi connectivity index (χ0n) is 18.9. The summed E-state index contributed by atoms with van der Waals surface area (Å²) in [5, 5.41) is 0.503. The van der Waals surface area contributed by atoms with Gasteiger partial charge in [-0.1, -0.05) is 53.6 Å². The summed E-state index contributed by atoms with van der Waals surface area (Å²) in [6.07, 6.45) is 0. The van der Waals surface area contributed by atoms with Gasteiger partial charge >= 0.3 is 0 Å². The number of hydrogen-bond acceptors (Lipinski definition) is 4. The van der Waals surface area contributed by atoms with Crippen molar-refractivity contribution in [2.45, 2.75) is 24.9 Å². The summed E-state index contributed by atoms with van der Waals surface area (Å²) < 4.78 is 33.2. The Bertz CT molecular complexity index is 1200. The second kappa shape index (κ2) is 10.8. The highest BCUT2D eigenvalue weighted by molar-refractivity contribution is 7.89. The Morgan fingerprint density at radius 2 is 1.61 bits per heavy atom. The van der Waals surface area contributed by atoms with Crippen LogP contribution < -0.4 is 4.74 Å². The van der Waals surface area contributed by atoms with E-state index in [0.717, 1.165) is 16.9 Å². The third kappa shape index (κ3) is 6.57. The highest BCUT2D eigenvalue weighted by atomic mass is 35.5. The van der Waals surface area contributed by atoms with Gasteiger partial charge < -0.3 is 9.64 Å². The van der Waals surface area contributed by atoms with E-state index in [1.807, 2.05) is 31.2 Å². The average molecular weight is 487 g/mol. The first-order valence-electron chi connectivity index (χ1n) is 10.4. The van der Waals surface area contributed by atoms with Gasteiger partial charge in [-0.2, -0.15) is 4.31 Å². The fourth-order valence-electron chi connectivity index (χ4n) is 3.29. The van der Waals surface area contributed by atoms with Crippen LogP contribution in [0.25, 0.3) is 0 Å². The molecule has 0 N–H and O–H groups in total. The molecule has 0 radical (unpaired) electrons. The number of methoxy groups -OCH3 is 1. The van der Waals surface area contributed by atoms with Gasteiger partial charge in [0.1, 0.15) is 5.75 Å². The van der Waals surface area contributed by atoms with Gasteiger partial charge in [-0.3, -0.25) is 4.79 Å². The lowest BCUT2D eigenvalue weighted by Crippen LogP contribution is -2.40. The highest BCUT2D eigenvalue weighted by Crippen LogP contribution is 2.21. The molecule has 0 aliphatic rings. The second-order valence-electron chi connectivity index (χ2n) is 7.81. The molecule has 3 aromatic rings. The number of benzene rings is 3. The molecular formula is C25H27ClN2O4S. The van der Waals surface area contributed by atoms with E-state index in [1.165, 1.54) is 9.21 Å². The van der Waals surface area contributed by atoms with Crippen LogP contribution in [0, 0.1) is 6.92 Å². The standard InChI is InChI=1S/C25H27ClN2O4S/c1-19-7-13-24(14-8-19)33(30,31)28(17-21-5-4-6-22(26)15-21)18-25(29)27(2)16-20-9-11-23(32-3)12-10-20/h4-15H,16-18H2,1-3H3. The van der Waals surface area contributed by atoms with E-state index in [2.05, 4.69) is 0 Å². The minimum Gasteiger partial charge on any atom is -0.497 e. The van der Waals surface area contributed by atoms with Crippen molar-refractivity contribution in [1.82, 2.24) is 9.21 Å². The normalized spacial score (nSPS) is 11.4. The summed E-state index contributed by atoms with van der Waals surface area (Å²) >= 11 is 6.09. The summed E-state index contributed by atoms with van der Waals surface area (Å²) in [6, 6.07) is 20.9. The fourth-order valence-corrected chi connectivity index (χ4v) is 4.88. The van der Waals surface area contributed by atoms with Crippen LogP contribution in [-0.4, -0.2) is 44.2 Å². The number of amides is 1. The van der Waals surface area contributed by atoms with E-state index in [4.69, 9.17) is 16.3 Å². The van der Waals surface area contributed by atoms with Crippen molar-refractivity contribution < 1.29 is 17.9 Å². The van der Waals surface area contributed by atoms with E-state index in [0.29, 0.717) is 17.1 Å². The molecule has 0 aliphatic heterocycles. The first kappa shape index (κ1) is 24.8. The lowest BCUT2D eigenvalue weighted by molar-refractivity contribution is -0.130. The molecular weight excluding hydrogens is 460 g/mol. The largest absolute Gasteiger partial charge is 0.497 e. The summed E-state index contributed by atoms with van der Waals surface area (Å²) in [5.74, 6) is 0.410. The predicted molar refractivity (Wildman–Crippen MR) is 130 cm³/mol. The average Bonchev–Trinajstić information content (AvgIpc) is 2.79. The Balaban J connectivity index is 1.83. The van der Waals surface area contributed by atoms with Gasteiger partial charge in [-0.25, -0.2) is 8.42 Å². The number of hydrogen-bond donors (Lipinski definition) is 0. The molecule has 0 unspecified atom stereocenters. The summed E-state index contributed by atoms with van der Waals surface area (Å²) in [4.78, 5) is 14.7. The molecule has 3 rings (SSSR count). The smallest absolute Gasteiger partial charge is 0.243 e. The number of nitrogens with zero attached hydrogens (tertiary/aromatic N) is 2. The van der Waals surface area contributed by atoms with Crippen LogP contribution in [0.1, 0.15) is 16.7 Å². The maximum Gasteiger partial charge on any atom is 0.243 e. The Morgan fingerprint density at radius 3 is 2.21 bits per heavy atom. The second-order valence-corrected chi connectivity index (χ2v) is 10.2. The number of sulfonamides is 1. The van der Waals surface area contributed by atoms with Crippen molar-refractivity contribution in [2.24, 2.45) is 0 Å². The van der Waals surface area contributed by atoms with Crippen LogP contribution in [0.5, 0.6) is 5.75 Å². The predicted octanol–water partition coefficient (Wildman–Crippen LogP) is 4.51. The summed E-state index contributed by atoms with van der Waals surface area (Å²) in [6.45, 7) is 1.96. The number of rotatable bonds is 9. The van der Waals surface area contributed by atoms with Gasteiger partial charge in [0.05, 0.1) is 18.6 Å². The van der Waals surface area contributed by atoms with Crippen LogP contribution in [0.4, 0.5) is 0 Å². The Labute approximate surface area is 200 Å². The zero-order chi connectivity index (χ0) is 24.0. The first-order chi connectivity index (χ1) is 15.7. The zero-order valence-corrected chi connectivity index (χ0v) is 20.4. The first-order valence-corrected chi connectivity index (χ1v) is 12.2. The molecule has 0 aliphatic carbocycles. The van der Waals surface area contributed by atoms with E-state index in [9.17, 15) is 13.2 Å². The van der Waals surface area contributed by atoms with Gasteiger partial charge in [-0.05, 0) is 54.4 Å². The molecule has 0 heterocycles. The number of carbonyl (C=O) groups is 1. The third-order valence-corrected chi connectivity index (χ3v) is 7.26. The molecule has 0 spiro atoms. The molecule has 0 saturated heterocycles. The van der Waals surface area contributed by atoms with Crippen molar-refractivity contribution >= 4 is 27.5 Å². The van der Waals surface area contributed by atoms with Crippen molar-refractivity contribution in [2.75, 3.05) is 20.7 Å². The number of ether oxygens (including phenoxy) is 1. The maximum atomic E-state index is 13.4. The Hall–Kier alpha value is -2.87. The molecule has 33 heavy (non-hydrogen) atoms. The van der Waals surface area contributed by atoms with E-state index < -0.39 is 10.0 Å². The fraction of sp³-hybridized carbons (Fsp3) is 0.240. The molecule has 1 amide bonds. The number of aryl methyl sites for hydroxylation is 1. The molecule has 0 atom stereocenters. The molecule has 3 aromatic carbocycles. The van der Waals surface area contributed by atoms with Gasteiger partial charge in [0.2, 0.25) is 15.9 Å². The molecule has 8 heteroatoms. The van der Waals surface area contributed by atoms with Crippen molar-refractivity contribution in [3.05, 3.63) is 94.5 Å². The van der Waals surface area contributed by atoms with Crippen LogP contribution in [-0.2, 0) is 27.9 Å². The van der Waals surface area contributed by atoms with Gasteiger partial charge in [0.15, 0.2) is 0 Å². The quantitative estimate of drug-likeness (QED) is 0.446. The minimum atomic E-state index is -3.91. The van der Waals surface area contributed by atoms with Crippen LogP contribution in [0.15, 0.2) is 77.7 Å². The number of likely N-dealkylation sites (N-methyl/N-ethyl adjacent to an activating group) is 1. The summed E-state index contributed by atoms with van der Waals surface area (Å²) in [7, 11) is -0.667. The highest BCUT2D eigenvalue weighted by Gasteiger charge is 2.28. The SMILES string of the molecule is COc1ccc(CN(C)C(=O)CN(Cc2cccc(Cl)c2)S(=O)(=O)c2ccc(C)cc2)cc1. The van der Waals surface area contributed by atoms with Crippen molar-refractivity contribution in [3.63, 3.8) is 0 Å². The van der Waals surface area contributed by atoms with Crippen molar-refractivity contribution in [3.8, 4) is 5.75 Å². The van der Waals surface area contributed by atoms with Gasteiger partial charge in [-0.15, -0.1) is 0 Å². The topological polar surface area (TPSA) is 66.9 Å². The lowest BCUT2D eigenvalue weighted by Gasteiger charge is -2.25. The molecule has 174 valence electrons. The third-order valence-electron chi connectivity index (χ3n) is 5.22. The molecule has 0 fully saturated rings.